The highest BCUT2D eigenvalue weighted by Gasteiger charge is 2.17. The van der Waals surface area contributed by atoms with Crippen LogP contribution in [0.4, 0.5) is 5.69 Å². The average molecular weight is 355 g/mol. The van der Waals surface area contributed by atoms with E-state index in [1.54, 1.807) is 18.2 Å². The summed E-state index contributed by atoms with van der Waals surface area (Å²) in [5.41, 5.74) is 0.971. The Hall–Kier alpha value is -3.02. The van der Waals surface area contributed by atoms with Crippen LogP contribution in [0.1, 0.15) is 46.4 Å². The number of hydrogen-bond acceptors (Lipinski definition) is 4. The molecule has 26 heavy (non-hydrogen) atoms. The molecule has 136 valence electrons. The third-order valence-electron chi connectivity index (χ3n) is 4.39. The van der Waals surface area contributed by atoms with Crippen LogP contribution < -0.4 is 14.8 Å². The van der Waals surface area contributed by atoms with Gasteiger partial charge in [-0.3, -0.25) is 4.79 Å². The minimum atomic E-state index is -1.09. The summed E-state index contributed by atoms with van der Waals surface area (Å²) in [6.07, 6.45) is 4.68. The monoisotopic (exact) mass is 355 g/mol. The van der Waals surface area contributed by atoms with Crippen LogP contribution in [0.2, 0.25) is 0 Å². The van der Waals surface area contributed by atoms with E-state index in [0.29, 0.717) is 17.0 Å². The summed E-state index contributed by atoms with van der Waals surface area (Å²) < 4.78 is 11.0. The van der Waals surface area contributed by atoms with Gasteiger partial charge >= 0.3 is 5.97 Å². The van der Waals surface area contributed by atoms with Crippen LogP contribution in [-0.2, 0) is 0 Å². The Labute approximate surface area is 151 Å². The van der Waals surface area contributed by atoms with Gasteiger partial charge in [-0.1, -0.05) is 6.07 Å². The normalized spacial score (nSPS) is 14.0. The van der Waals surface area contributed by atoms with E-state index in [2.05, 4.69) is 5.32 Å². The van der Waals surface area contributed by atoms with Crippen LogP contribution in [0, 0.1) is 0 Å². The Kier molecular flexibility index (Phi) is 5.41. The number of carboxylic acids is 1. The summed E-state index contributed by atoms with van der Waals surface area (Å²) in [7, 11) is 1.39. The molecule has 0 unspecified atom stereocenters. The molecule has 0 spiro atoms. The van der Waals surface area contributed by atoms with Gasteiger partial charge in [0.15, 0.2) is 0 Å². The standard InChI is InChI=1S/C20H21NO5/c1-25-18-12-14(9-10-17(18)20(23)24)21-19(22)13-5-4-8-16(11-13)26-15-6-2-3-7-15/h4-5,8-12,15H,2-3,6-7H2,1H3,(H,21,22)(H,23,24). The first-order valence-electron chi connectivity index (χ1n) is 8.56. The van der Waals surface area contributed by atoms with Crippen molar-refractivity contribution in [3.63, 3.8) is 0 Å². The third-order valence-corrected chi connectivity index (χ3v) is 4.39. The fraction of sp³-hybridized carbons (Fsp3) is 0.300. The van der Waals surface area contributed by atoms with Crippen molar-refractivity contribution in [3.05, 3.63) is 53.6 Å². The van der Waals surface area contributed by atoms with Crippen molar-refractivity contribution in [2.45, 2.75) is 31.8 Å². The Morgan fingerprint density at radius 3 is 2.58 bits per heavy atom. The number of methoxy groups -OCH3 is 1. The fourth-order valence-electron chi connectivity index (χ4n) is 3.06. The van der Waals surface area contributed by atoms with E-state index < -0.39 is 5.97 Å². The van der Waals surface area contributed by atoms with Crippen molar-refractivity contribution in [3.8, 4) is 11.5 Å². The van der Waals surface area contributed by atoms with Gasteiger partial charge in [0.1, 0.15) is 17.1 Å². The first-order valence-corrected chi connectivity index (χ1v) is 8.56. The summed E-state index contributed by atoms with van der Waals surface area (Å²) in [6.45, 7) is 0. The quantitative estimate of drug-likeness (QED) is 0.819. The second kappa shape index (κ2) is 7.91. The van der Waals surface area contributed by atoms with E-state index in [1.165, 1.54) is 38.2 Å². The van der Waals surface area contributed by atoms with Gasteiger partial charge < -0.3 is 19.9 Å². The molecule has 0 aliphatic heterocycles. The summed E-state index contributed by atoms with van der Waals surface area (Å²) in [6, 6.07) is 11.5. The Morgan fingerprint density at radius 1 is 1.12 bits per heavy atom. The molecule has 0 aromatic heterocycles. The third kappa shape index (κ3) is 4.14. The number of anilines is 1. The molecule has 1 fully saturated rings. The lowest BCUT2D eigenvalue weighted by Crippen LogP contribution is -2.14. The lowest BCUT2D eigenvalue weighted by molar-refractivity contribution is 0.0693. The zero-order valence-electron chi connectivity index (χ0n) is 14.5. The number of carbonyl (C=O) groups excluding carboxylic acids is 1. The molecule has 0 heterocycles. The maximum atomic E-state index is 12.5. The van der Waals surface area contributed by atoms with Gasteiger partial charge in [0, 0.05) is 17.3 Å². The van der Waals surface area contributed by atoms with E-state index in [4.69, 9.17) is 14.6 Å². The number of amides is 1. The number of carboxylic acid groups (broad SMARTS) is 1. The van der Waals surface area contributed by atoms with Crippen LogP contribution >= 0.6 is 0 Å². The minimum absolute atomic E-state index is 0.0393. The minimum Gasteiger partial charge on any atom is -0.496 e. The summed E-state index contributed by atoms with van der Waals surface area (Å²) >= 11 is 0. The number of ether oxygens (including phenoxy) is 2. The van der Waals surface area contributed by atoms with E-state index in [0.717, 1.165) is 12.8 Å². The summed E-state index contributed by atoms with van der Waals surface area (Å²) in [4.78, 5) is 23.6. The van der Waals surface area contributed by atoms with Gasteiger partial charge in [-0.05, 0) is 56.0 Å². The molecule has 1 saturated carbocycles. The predicted octanol–water partition coefficient (Wildman–Crippen LogP) is 3.97. The van der Waals surface area contributed by atoms with Gasteiger partial charge in [-0.25, -0.2) is 4.79 Å². The summed E-state index contributed by atoms with van der Waals surface area (Å²) in [5, 5.41) is 11.9. The summed E-state index contributed by atoms with van der Waals surface area (Å²) in [5.74, 6) is -0.513. The molecule has 0 bridgehead atoms. The predicted molar refractivity (Wildman–Crippen MR) is 97.2 cm³/mol. The zero-order chi connectivity index (χ0) is 18.5. The van der Waals surface area contributed by atoms with E-state index in [1.807, 2.05) is 6.07 Å². The van der Waals surface area contributed by atoms with Crippen molar-refractivity contribution in [2.24, 2.45) is 0 Å². The van der Waals surface area contributed by atoms with Crippen LogP contribution in [-0.4, -0.2) is 30.2 Å². The number of carbonyl (C=O) groups is 2. The van der Waals surface area contributed by atoms with Crippen molar-refractivity contribution in [1.82, 2.24) is 0 Å². The number of hydrogen-bond donors (Lipinski definition) is 2. The molecule has 0 atom stereocenters. The van der Waals surface area contributed by atoms with Crippen molar-refractivity contribution >= 4 is 17.6 Å². The topological polar surface area (TPSA) is 84.9 Å². The van der Waals surface area contributed by atoms with E-state index in [9.17, 15) is 9.59 Å². The Bertz CT molecular complexity index is 812. The first-order chi connectivity index (χ1) is 12.6. The maximum absolute atomic E-state index is 12.5. The number of nitrogens with one attached hydrogen (secondary N) is 1. The van der Waals surface area contributed by atoms with Gasteiger partial charge in [0.05, 0.1) is 13.2 Å². The second-order valence-corrected chi connectivity index (χ2v) is 6.23. The molecular formula is C20H21NO5. The van der Waals surface area contributed by atoms with Gasteiger partial charge in [-0.2, -0.15) is 0 Å². The molecule has 0 radical (unpaired) electrons. The first kappa shape index (κ1) is 17.8. The highest BCUT2D eigenvalue weighted by Crippen LogP contribution is 2.26. The average Bonchev–Trinajstić information content (AvgIpc) is 3.14. The molecule has 2 N–H and O–H groups in total. The molecule has 2 aromatic carbocycles. The van der Waals surface area contributed by atoms with Crippen LogP contribution in [0.25, 0.3) is 0 Å². The van der Waals surface area contributed by atoms with Gasteiger partial charge in [-0.15, -0.1) is 0 Å². The smallest absolute Gasteiger partial charge is 0.339 e. The number of benzene rings is 2. The molecule has 2 aromatic rings. The number of rotatable bonds is 6. The Balaban J connectivity index is 1.72. The maximum Gasteiger partial charge on any atom is 0.339 e. The molecule has 1 aliphatic rings. The van der Waals surface area contributed by atoms with Gasteiger partial charge in [0.25, 0.3) is 5.91 Å². The highest BCUT2D eigenvalue weighted by molar-refractivity contribution is 6.05. The highest BCUT2D eigenvalue weighted by atomic mass is 16.5. The van der Waals surface area contributed by atoms with Gasteiger partial charge in [0.2, 0.25) is 0 Å². The fourth-order valence-corrected chi connectivity index (χ4v) is 3.06. The molecule has 0 saturated heterocycles. The largest absolute Gasteiger partial charge is 0.496 e. The molecule has 6 heteroatoms. The lowest BCUT2D eigenvalue weighted by Gasteiger charge is -2.14. The van der Waals surface area contributed by atoms with Crippen LogP contribution in [0.15, 0.2) is 42.5 Å². The van der Waals surface area contributed by atoms with E-state index >= 15 is 0 Å². The van der Waals surface area contributed by atoms with Crippen LogP contribution in [0.3, 0.4) is 0 Å². The van der Waals surface area contributed by atoms with Crippen LogP contribution in [0.5, 0.6) is 11.5 Å². The zero-order valence-corrected chi connectivity index (χ0v) is 14.5. The van der Waals surface area contributed by atoms with Crippen molar-refractivity contribution < 1.29 is 24.2 Å². The Morgan fingerprint density at radius 2 is 1.88 bits per heavy atom. The van der Waals surface area contributed by atoms with Crippen molar-refractivity contribution in [1.29, 1.82) is 0 Å². The molecular weight excluding hydrogens is 334 g/mol. The van der Waals surface area contributed by atoms with Crippen molar-refractivity contribution in [2.75, 3.05) is 12.4 Å². The number of aromatic carboxylic acids is 1. The second-order valence-electron chi connectivity index (χ2n) is 6.23. The molecule has 3 rings (SSSR count). The van der Waals surface area contributed by atoms with E-state index in [-0.39, 0.29) is 23.3 Å². The SMILES string of the molecule is COc1cc(NC(=O)c2cccc(OC3CCCC3)c2)ccc1C(=O)O. The molecule has 1 amide bonds. The molecule has 1 aliphatic carbocycles. The lowest BCUT2D eigenvalue weighted by atomic mass is 10.1. The molecule has 6 nitrogen and oxygen atoms in total.